The normalized spacial score (nSPS) is 12.9. The summed E-state index contributed by atoms with van der Waals surface area (Å²) >= 11 is 5.37. The SMILES string of the molecule is FC(F)(F)C(Oc1ccc(Cl)cn1)C(F)(F)F. The Morgan fingerprint density at radius 2 is 1.59 bits per heavy atom. The molecule has 1 aromatic rings. The number of ether oxygens (including phenoxy) is 1. The van der Waals surface area contributed by atoms with E-state index in [1.165, 1.54) is 0 Å². The van der Waals surface area contributed by atoms with Gasteiger partial charge in [0.15, 0.2) is 0 Å². The number of pyridine rings is 1. The van der Waals surface area contributed by atoms with Crippen molar-refractivity contribution in [3.63, 3.8) is 0 Å². The van der Waals surface area contributed by atoms with E-state index >= 15 is 0 Å². The molecular weight excluding hydrogens is 276 g/mol. The molecule has 0 aliphatic heterocycles. The zero-order valence-electron chi connectivity index (χ0n) is 7.81. The van der Waals surface area contributed by atoms with Gasteiger partial charge in [-0.1, -0.05) is 11.6 Å². The quantitative estimate of drug-likeness (QED) is 0.772. The van der Waals surface area contributed by atoms with Gasteiger partial charge in [-0.2, -0.15) is 26.3 Å². The second-order valence-corrected chi connectivity index (χ2v) is 3.33. The van der Waals surface area contributed by atoms with Crippen molar-refractivity contribution in [3.05, 3.63) is 23.4 Å². The standard InChI is InChI=1S/C8H4ClF6NO/c9-4-1-2-5(16-3-4)17-6(7(10,11)12)8(13,14)15/h1-3,6H. The molecule has 0 fully saturated rings. The Hall–Kier alpha value is -1.18. The lowest BCUT2D eigenvalue weighted by molar-refractivity contribution is -0.300. The number of alkyl halides is 6. The molecule has 0 N–H and O–H groups in total. The van der Waals surface area contributed by atoms with E-state index in [0.717, 1.165) is 18.3 Å². The van der Waals surface area contributed by atoms with Crippen LogP contribution in [0.4, 0.5) is 26.3 Å². The molecule has 9 heteroatoms. The van der Waals surface area contributed by atoms with Crippen LogP contribution in [0.5, 0.6) is 5.88 Å². The van der Waals surface area contributed by atoms with Crippen LogP contribution in [0.3, 0.4) is 0 Å². The van der Waals surface area contributed by atoms with E-state index in [9.17, 15) is 26.3 Å². The highest BCUT2D eigenvalue weighted by atomic mass is 35.5. The molecule has 0 unspecified atom stereocenters. The molecule has 0 aliphatic rings. The van der Waals surface area contributed by atoms with Gasteiger partial charge in [-0.05, 0) is 6.07 Å². The monoisotopic (exact) mass is 279 g/mol. The minimum absolute atomic E-state index is 0.0629. The molecule has 0 aliphatic carbocycles. The fourth-order valence-electron chi connectivity index (χ4n) is 0.872. The van der Waals surface area contributed by atoms with Gasteiger partial charge in [-0.25, -0.2) is 4.98 Å². The molecule has 0 bridgehead atoms. The van der Waals surface area contributed by atoms with Crippen LogP contribution in [0.1, 0.15) is 0 Å². The number of hydrogen-bond acceptors (Lipinski definition) is 2. The zero-order chi connectivity index (χ0) is 13.3. The fraction of sp³-hybridized carbons (Fsp3) is 0.375. The van der Waals surface area contributed by atoms with E-state index in [1.54, 1.807) is 0 Å². The first-order valence-electron chi connectivity index (χ1n) is 4.02. The van der Waals surface area contributed by atoms with E-state index in [2.05, 4.69) is 9.72 Å². The van der Waals surface area contributed by atoms with Gasteiger partial charge in [0.25, 0.3) is 6.10 Å². The van der Waals surface area contributed by atoms with Crippen molar-refractivity contribution in [1.82, 2.24) is 4.98 Å². The van der Waals surface area contributed by atoms with Gasteiger partial charge in [0.05, 0.1) is 5.02 Å². The maximum Gasteiger partial charge on any atom is 0.434 e. The van der Waals surface area contributed by atoms with Gasteiger partial charge in [0, 0.05) is 12.3 Å². The second kappa shape index (κ2) is 4.59. The summed E-state index contributed by atoms with van der Waals surface area (Å²) in [7, 11) is 0. The third kappa shape index (κ3) is 3.95. The maximum absolute atomic E-state index is 12.1. The van der Waals surface area contributed by atoms with Crippen LogP contribution in [0.15, 0.2) is 18.3 Å². The Morgan fingerprint density at radius 3 is 1.94 bits per heavy atom. The van der Waals surface area contributed by atoms with Crippen LogP contribution in [-0.4, -0.2) is 23.4 Å². The maximum atomic E-state index is 12.1. The summed E-state index contributed by atoms with van der Waals surface area (Å²) in [4.78, 5) is 3.19. The van der Waals surface area contributed by atoms with Crippen molar-refractivity contribution < 1.29 is 31.1 Å². The average molecular weight is 280 g/mol. The van der Waals surface area contributed by atoms with Gasteiger partial charge in [0.2, 0.25) is 5.88 Å². The van der Waals surface area contributed by atoms with E-state index in [-0.39, 0.29) is 5.02 Å². The van der Waals surface area contributed by atoms with Crippen molar-refractivity contribution in [2.75, 3.05) is 0 Å². The molecule has 0 radical (unpaired) electrons. The summed E-state index contributed by atoms with van der Waals surface area (Å²) in [5, 5.41) is 0.0629. The Bertz CT molecular complexity index is 359. The van der Waals surface area contributed by atoms with Crippen molar-refractivity contribution >= 4 is 11.6 Å². The first-order chi connectivity index (χ1) is 7.60. The molecule has 0 atom stereocenters. The number of halogens is 7. The van der Waals surface area contributed by atoms with Gasteiger partial charge in [-0.15, -0.1) is 0 Å². The van der Waals surface area contributed by atoms with Crippen molar-refractivity contribution in [1.29, 1.82) is 0 Å². The van der Waals surface area contributed by atoms with Crippen LogP contribution in [-0.2, 0) is 0 Å². The van der Waals surface area contributed by atoms with E-state index in [0.29, 0.717) is 0 Å². The molecule has 2 nitrogen and oxygen atoms in total. The lowest BCUT2D eigenvalue weighted by Crippen LogP contribution is -2.46. The predicted molar refractivity (Wildman–Crippen MR) is 45.8 cm³/mol. The number of nitrogens with zero attached hydrogens (tertiary/aromatic N) is 1. The summed E-state index contributed by atoms with van der Waals surface area (Å²) in [6.07, 6.45) is -14.2. The molecule has 0 aromatic carbocycles. The fourth-order valence-corrected chi connectivity index (χ4v) is 0.984. The Labute approximate surface area is 96.2 Å². The Balaban J connectivity index is 2.92. The van der Waals surface area contributed by atoms with Crippen LogP contribution < -0.4 is 4.74 Å². The average Bonchev–Trinajstić information content (AvgIpc) is 2.13. The first kappa shape index (κ1) is 13.9. The molecule has 0 saturated heterocycles. The summed E-state index contributed by atoms with van der Waals surface area (Å²) in [6.45, 7) is 0. The zero-order valence-corrected chi connectivity index (χ0v) is 8.57. The molecule has 96 valence electrons. The van der Waals surface area contributed by atoms with Gasteiger partial charge in [-0.3, -0.25) is 0 Å². The first-order valence-corrected chi connectivity index (χ1v) is 4.40. The summed E-state index contributed by atoms with van der Waals surface area (Å²) in [6, 6.07) is 1.88. The molecular formula is C8H4ClF6NO. The topological polar surface area (TPSA) is 22.1 Å². The molecule has 17 heavy (non-hydrogen) atoms. The Kier molecular flexibility index (Phi) is 3.75. The molecule has 1 aromatic heterocycles. The molecule has 0 amide bonds. The lowest BCUT2D eigenvalue weighted by atomic mass is 10.3. The third-order valence-corrected chi connectivity index (χ3v) is 1.76. The minimum atomic E-state index is -5.57. The van der Waals surface area contributed by atoms with Crippen LogP contribution in [0.25, 0.3) is 0 Å². The van der Waals surface area contributed by atoms with Gasteiger partial charge >= 0.3 is 12.4 Å². The van der Waals surface area contributed by atoms with Gasteiger partial charge < -0.3 is 4.74 Å². The molecule has 0 saturated carbocycles. The predicted octanol–water partition coefficient (Wildman–Crippen LogP) is 3.61. The Morgan fingerprint density at radius 1 is 1.06 bits per heavy atom. The third-order valence-electron chi connectivity index (χ3n) is 1.53. The summed E-state index contributed by atoms with van der Waals surface area (Å²) < 4.78 is 76.3. The van der Waals surface area contributed by atoms with Crippen molar-refractivity contribution in [2.24, 2.45) is 0 Å². The largest absolute Gasteiger partial charge is 0.455 e. The van der Waals surface area contributed by atoms with E-state index in [1.807, 2.05) is 0 Å². The van der Waals surface area contributed by atoms with Crippen LogP contribution >= 0.6 is 11.6 Å². The van der Waals surface area contributed by atoms with E-state index < -0.39 is 24.3 Å². The minimum Gasteiger partial charge on any atom is -0.455 e. The van der Waals surface area contributed by atoms with Crippen LogP contribution in [0.2, 0.25) is 5.02 Å². The molecule has 1 heterocycles. The molecule has 1 rings (SSSR count). The van der Waals surface area contributed by atoms with Crippen molar-refractivity contribution in [3.8, 4) is 5.88 Å². The highest BCUT2D eigenvalue weighted by molar-refractivity contribution is 6.30. The second-order valence-electron chi connectivity index (χ2n) is 2.90. The van der Waals surface area contributed by atoms with Gasteiger partial charge in [0.1, 0.15) is 0 Å². The van der Waals surface area contributed by atoms with Crippen LogP contribution in [0, 0.1) is 0 Å². The smallest absolute Gasteiger partial charge is 0.434 e. The highest BCUT2D eigenvalue weighted by Gasteiger charge is 2.59. The summed E-state index contributed by atoms with van der Waals surface area (Å²) in [5.74, 6) is -0.811. The lowest BCUT2D eigenvalue weighted by Gasteiger charge is -2.23. The summed E-state index contributed by atoms with van der Waals surface area (Å²) in [5.41, 5.74) is 0. The number of aromatic nitrogens is 1. The highest BCUT2D eigenvalue weighted by Crippen LogP contribution is 2.36. The number of rotatable bonds is 2. The van der Waals surface area contributed by atoms with Crippen molar-refractivity contribution in [2.45, 2.75) is 18.5 Å². The number of hydrogen-bond donors (Lipinski definition) is 0. The molecule has 0 spiro atoms. The van der Waals surface area contributed by atoms with E-state index in [4.69, 9.17) is 11.6 Å².